The highest BCUT2D eigenvalue weighted by molar-refractivity contribution is 5.14. The van der Waals surface area contributed by atoms with Crippen LogP contribution in [0.4, 0.5) is 0 Å². The fourth-order valence-electron chi connectivity index (χ4n) is 2.86. The lowest BCUT2D eigenvalue weighted by atomic mass is 9.96. The molecule has 4 nitrogen and oxygen atoms in total. The maximum absolute atomic E-state index is 10.3. The van der Waals surface area contributed by atoms with Gasteiger partial charge in [-0.15, -0.1) is 0 Å². The highest BCUT2D eigenvalue weighted by Gasteiger charge is 2.36. The number of nitrogens with one attached hydrogen (secondary N) is 1. The second-order valence-corrected chi connectivity index (χ2v) is 5.62. The van der Waals surface area contributed by atoms with Crippen molar-refractivity contribution in [2.45, 2.75) is 57.1 Å². The molecule has 4 atom stereocenters. The van der Waals surface area contributed by atoms with Gasteiger partial charge in [0.15, 0.2) is 6.29 Å². The number of hydrogen-bond acceptors (Lipinski definition) is 4. The summed E-state index contributed by atoms with van der Waals surface area (Å²) in [4.78, 5) is 0. The Hall–Kier alpha value is -0.940. The molecule has 0 amide bonds. The van der Waals surface area contributed by atoms with E-state index in [-0.39, 0.29) is 18.4 Å². The number of hydrogen-bond donors (Lipinski definition) is 2. The van der Waals surface area contributed by atoms with Gasteiger partial charge in [0.1, 0.15) is 0 Å². The molecule has 0 aromatic heterocycles. The first-order valence-electron chi connectivity index (χ1n) is 7.88. The van der Waals surface area contributed by atoms with E-state index in [1.54, 1.807) is 7.11 Å². The van der Waals surface area contributed by atoms with Crippen LogP contribution in [0.15, 0.2) is 30.3 Å². The van der Waals surface area contributed by atoms with E-state index in [0.29, 0.717) is 6.42 Å². The van der Waals surface area contributed by atoms with Crippen molar-refractivity contribution in [3.63, 3.8) is 0 Å². The molecule has 0 radical (unpaired) electrons. The molecule has 0 unspecified atom stereocenters. The lowest BCUT2D eigenvalue weighted by Gasteiger charge is -2.39. The fourth-order valence-corrected chi connectivity index (χ4v) is 2.86. The number of aryl methyl sites for hydroxylation is 1. The van der Waals surface area contributed by atoms with E-state index in [1.807, 2.05) is 13.0 Å². The molecule has 1 aliphatic rings. The molecular weight excluding hydrogens is 266 g/mol. The summed E-state index contributed by atoms with van der Waals surface area (Å²) in [5, 5.41) is 13.8. The zero-order valence-electron chi connectivity index (χ0n) is 13.0. The van der Waals surface area contributed by atoms with E-state index in [1.165, 1.54) is 5.56 Å². The molecule has 2 rings (SSSR count). The van der Waals surface area contributed by atoms with Crippen molar-refractivity contribution in [2.75, 3.05) is 13.7 Å². The number of aliphatic hydroxyl groups excluding tert-OH is 1. The van der Waals surface area contributed by atoms with Crippen molar-refractivity contribution in [3.05, 3.63) is 35.9 Å². The molecule has 1 aliphatic heterocycles. The van der Waals surface area contributed by atoms with Gasteiger partial charge in [-0.3, -0.25) is 0 Å². The minimum absolute atomic E-state index is 0.0458. The van der Waals surface area contributed by atoms with Gasteiger partial charge in [0.25, 0.3) is 0 Å². The summed E-state index contributed by atoms with van der Waals surface area (Å²) in [6.07, 6.45) is 2.78. The Balaban J connectivity index is 1.75. The van der Waals surface area contributed by atoms with E-state index in [4.69, 9.17) is 9.47 Å². The molecule has 1 aromatic carbocycles. The van der Waals surface area contributed by atoms with Crippen LogP contribution >= 0.6 is 0 Å². The largest absolute Gasteiger partial charge is 0.389 e. The van der Waals surface area contributed by atoms with Gasteiger partial charge in [-0.1, -0.05) is 37.3 Å². The van der Waals surface area contributed by atoms with Crippen molar-refractivity contribution in [2.24, 2.45) is 0 Å². The monoisotopic (exact) mass is 293 g/mol. The Labute approximate surface area is 127 Å². The molecule has 0 saturated carbocycles. The van der Waals surface area contributed by atoms with Crippen LogP contribution in [0.5, 0.6) is 0 Å². The summed E-state index contributed by atoms with van der Waals surface area (Å²) in [5.41, 5.74) is 1.35. The Kier molecular flexibility index (Phi) is 6.64. The second kappa shape index (κ2) is 8.49. The fraction of sp³-hybridized carbons (Fsp3) is 0.647. The van der Waals surface area contributed by atoms with Crippen LogP contribution in [0.25, 0.3) is 0 Å². The first-order chi connectivity index (χ1) is 10.2. The van der Waals surface area contributed by atoms with Crippen LogP contribution in [0, 0.1) is 0 Å². The molecule has 0 bridgehead atoms. The smallest absolute Gasteiger partial charge is 0.159 e. The van der Waals surface area contributed by atoms with Gasteiger partial charge in [-0.05, 0) is 31.4 Å². The van der Waals surface area contributed by atoms with Crippen LogP contribution in [0.3, 0.4) is 0 Å². The van der Waals surface area contributed by atoms with Gasteiger partial charge >= 0.3 is 0 Å². The molecule has 1 aromatic rings. The summed E-state index contributed by atoms with van der Waals surface area (Å²) >= 11 is 0. The number of aliphatic hydroxyl groups is 1. The Morgan fingerprint density at radius 1 is 1.33 bits per heavy atom. The predicted octanol–water partition coefficient (Wildman–Crippen LogP) is 2.11. The molecule has 1 saturated heterocycles. The number of ether oxygens (including phenoxy) is 2. The minimum Gasteiger partial charge on any atom is -0.389 e. The van der Waals surface area contributed by atoms with Crippen LogP contribution in [-0.4, -0.2) is 43.3 Å². The first kappa shape index (κ1) is 16.4. The maximum Gasteiger partial charge on any atom is 0.159 e. The van der Waals surface area contributed by atoms with Gasteiger partial charge < -0.3 is 19.9 Å². The van der Waals surface area contributed by atoms with Crippen molar-refractivity contribution < 1.29 is 14.6 Å². The quantitative estimate of drug-likeness (QED) is 0.756. The average molecular weight is 293 g/mol. The van der Waals surface area contributed by atoms with Crippen LogP contribution in [0.2, 0.25) is 0 Å². The number of rotatable bonds is 7. The summed E-state index contributed by atoms with van der Waals surface area (Å²) in [5.74, 6) is 0. The highest BCUT2D eigenvalue weighted by atomic mass is 16.7. The van der Waals surface area contributed by atoms with Gasteiger partial charge in [-0.25, -0.2) is 0 Å². The van der Waals surface area contributed by atoms with E-state index in [2.05, 4.69) is 29.6 Å². The zero-order valence-corrected chi connectivity index (χ0v) is 13.0. The minimum atomic E-state index is -0.460. The van der Waals surface area contributed by atoms with E-state index < -0.39 is 6.10 Å². The van der Waals surface area contributed by atoms with Crippen molar-refractivity contribution >= 4 is 0 Å². The maximum atomic E-state index is 10.3. The van der Waals surface area contributed by atoms with Gasteiger partial charge in [0, 0.05) is 19.6 Å². The van der Waals surface area contributed by atoms with Crippen LogP contribution in [-0.2, 0) is 15.9 Å². The first-order valence-corrected chi connectivity index (χ1v) is 7.88. The molecule has 0 spiro atoms. The molecule has 1 fully saturated rings. The third-order valence-corrected chi connectivity index (χ3v) is 4.12. The Morgan fingerprint density at radius 3 is 2.76 bits per heavy atom. The second-order valence-electron chi connectivity index (χ2n) is 5.62. The number of benzene rings is 1. The summed E-state index contributed by atoms with van der Waals surface area (Å²) < 4.78 is 11.0. The molecule has 0 aliphatic carbocycles. The molecule has 118 valence electrons. The predicted molar refractivity (Wildman–Crippen MR) is 83.1 cm³/mol. The Bertz CT molecular complexity index is 398. The van der Waals surface area contributed by atoms with Crippen LogP contribution in [0.1, 0.15) is 31.7 Å². The molecule has 21 heavy (non-hydrogen) atoms. The number of methoxy groups -OCH3 is 1. The Morgan fingerprint density at radius 2 is 2.10 bits per heavy atom. The van der Waals surface area contributed by atoms with Crippen LogP contribution < -0.4 is 5.32 Å². The van der Waals surface area contributed by atoms with E-state index in [9.17, 15) is 5.11 Å². The van der Waals surface area contributed by atoms with Gasteiger partial charge in [-0.2, -0.15) is 0 Å². The lowest BCUT2D eigenvalue weighted by molar-refractivity contribution is -0.220. The van der Waals surface area contributed by atoms with Crippen molar-refractivity contribution in [3.8, 4) is 0 Å². The van der Waals surface area contributed by atoms with Gasteiger partial charge in [0.2, 0.25) is 0 Å². The van der Waals surface area contributed by atoms with E-state index in [0.717, 1.165) is 25.8 Å². The summed E-state index contributed by atoms with van der Waals surface area (Å²) in [6.45, 7) is 2.92. The average Bonchev–Trinajstić information content (AvgIpc) is 2.54. The molecule has 2 N–H and O–H groups in total. The highest BCUT2D eigenvalue weighted by Crippen LogP contribution is 2.22. The topological polar surface area (TPSA) is 50.7 Å². The van der Waals surface area contributed by atoms with Crippen molar-refractivity contribution in [1.29, 1.82) is 0 Å². The van der Waals surface area contributed by atoms with E-state index >= 15 is 0 Å². The summed E-state index contributed by atoms with van der Waals surface area (Å²) in [7, 11) is 1.65. The molecule has 1 heterocycles. The third kappa shape index (κ3) is 4.78. The standard InChI is InChI=1S/C17H27NO3/c1-3-15-17(19)14(12-16(20-2)21-15)18-11-7-10-13-8-5-4-6-9-13/h4-6,8-9,14-19H,3,7,10-12H2,1-2H3/t14-,15-,16+,17+/m1/s1. The summed E-state index contributed by atoms with van der Waals surface area (Å²) in [6, 6.07) is 10.5. The third-order valence-electron chi connectivity index (χ3n) is 4.12. The molecular formula is C17H27NO3. The zero-order chi connectivity index (χ0) is 15.1. The van der Waals surface area contributed by atoms with Crippen molar-refractivity contribution in [1.82, 2.24) is 5.32 Å². The van der Waals surface area contributed by atoms with Gasteiger partial charge in [0.05, 0.1) is 12.2 Å². The SMILES string of the molecule is CC[C@H]1O[C@H](OC)C[C@@H](NCCCc2ccccc2)[C@@H]1O. The lowest BCUT2D eigenvalue weighted by Crippen LogP contribution is -2.54. The molecule has 4 heteroatoms. The normalized spacial score (nSPS) is 29.5.